The first-order chi connectivity index (χ1) is 8.00. The molecule has 0 bridgehead atoms. The topological polar surface area (TPSA) is 65.7 Å². The summed E-state index contributed by atoms with van der Waals surface area (Å²) in [5.74, 6) is 5.55. The first-order valence-corrected chi connectivity index (χ1v) is 6.25. The molecule has 5 heteroatoms. The van der Waals surface area contributed by atoms with Crippen molar-refractivity contribution < 1.29 is 14.2 Å². The van der Waals surface area contributed by atoms with Crippen LogP contribution in [0.2, 0.25) is 0 Å². The molecule has 0 fully saturated rings. The fourth-order valence-corrected chi connectivity index (χ4v) is 1.51. The summed E-state index contributed by atoms with van der Waals surface area (Å²) in [5, 5.41) is 0. The molecule has 0 aromatic carbocycles. The van der Waals surface area contributed by atoms with Gasteiger partial charge in [-0.2, -0.15) is 0 Å². The molecule has 3 N–H and O–H groups in total. The van der Waals surface area contributed by atoms with E-state index in [1.165, 1.54) is 0 Å². The van der Waals surface area contributed by atoms with Crippen molar-refractivity contribution in [1.82, 2.24) is 5.43 Å². The molecule has 0 aromatic rings. The molecule has 1 unspecified atom stereocenters. The molecular weight excluding hydrogens is 220 g/mol. The minimum atomic E-state index is -0.303. The molecule has 0 aliphatic heterocycles. The lowest BCUT2D eigenvalue weighted by atomic mass is 9.99. The molecule has 0 spiro atoms. The monoisotopic (exact) mass is 248 g/mol. The predicted molar refractivity (Wildman–Crippen MR) is 68.5 cm³/mol. The maximum Gasteiger partial charge on any atom is 0.173 e. The van der Waals surface area contributed by atoms with E-state index in [0.29, 0.717) is 13.2 Å². The Morgan fingerprint density at radius 1 is 1.18 bits per heavy atom. The Hall–Kier alpha value is -0.200. The lowest BCUT2D eigenvalue weighted by Crippen LogP contribution is -2.47. The second kappa shape index (κ2) is 8.83. The van der Waals surface area contributed by atoms with Gasteiger partial charge >= 0.3 is 0 Å². The number of hydrogen-bond donors (Lipinski definition) is 2. The normalized spacial score (nSPS) is 14.3. The largest absolute Gasteiger partial charge is 0.379 e. The minimum Gasteiger partial charge on any atom is -0.379 e. The van der Waals surface area contributed by atoms with E-state index in [2.05, 4.69) is 19.3 Å². The van der Waals surface area contributed by atoms with Crippen LogP contribution in [0.4, 0.5) is 0 Å². The van der Waals surface area contributed by atoms with Gasteiger partial charge in [0.1, 0.15) is 0 Å². The van der Waals surface area contributed by atoms with Crippen LogP contribution in [0.15, 0.2) is 0 Å². The van der Waals surface area contributed by atoms with Crippen molar-refractivity contribution in [3.63, 3.8) is 0 Å². The summed E-state index contributed by atoms with van der Waals surface area (Å²) in [6, 6.07) is -0.0238. The van der Waals surface area contributed by atoms with E-state index in [-0.39, 0.29) is 17.9 Å². The molecule has 0 heterocycles. The second-order valence-electron chi connectivity index (χ2n) is 4.55. The molecule has 0 rings (SSSR count). The fraction of sp³-hybridized carbons (Fsp3) is 1.00. The van der Waals surface area contributed by atoms with Crippen LogP contribution in [-0.2, 0) is 14.2 Å². The number of methoxy groups -OCH3 is 1. The Morgan fingerprint density at radius 2 is 1.71 bits per heavy atom. The molecule has 17 heavy (non-hydrogen) atoms. The average molecular weight is 248 g/mol. The molecule has 0 amide bonds. The molecule has 0 aromatic heterocycles. The van der Waals surface area contributed by atoms with Crippen LogP contribution in [0.25, 0.3) is 0 Å². The zero-order valence-electron chi connectivity index (χ0n) is 11.8. The number of hydrogen-bond acceptors (Lipinski definition) is 5. The number of hydrazine groups is 1. The summed E-state index contributed by atoms with van der Waals surface area (Å²) in [5.41, 5.74) is 2.61. The van der Waals surface area contributed by atoms with Crippen molar-refractivity contribution in [1.29, 1.82) is 0 Å². The quantitative estimate of drug-likeness (QED) is 0.348. The van der Waals surface area contributed by atoms with Gasteiger partial charge in [0.15, 0.2) is 6.29 Å². The molecule has 0 radical (unpaired) electrons. The third kappa shape index (κ3) is 6.95. The van der Waals surface area contributed by atoms with Crippen molar-refractivity contribution in [2.45, 2.75) is 58.5 Å². The Balaban J connectivity index is 4.26. The van der Waals surface area contributed by atoms with Crippen molar-refractivity contribution in [2.24, 2.45) is 5.84 Å². The Labute approximate surface area is 105 Å². The highest BCUT2D eigenvalue weighted by Gasteiger charge is 2.25. The average Bonchev–Trinajstić information content (AvgIpc) is 2.30. The Morgan fingerprint density at radius 3 is 2.06 bits per heavy atom. The van der Waals surface area contributed by atoms with Gasteiger partial charge in [-0.25, -0.2) is 0 Å². The lowest BCUT2D eigenvalue weighted by molar-refractivity contribution is -0.157. The van der Waals surface area contributed by atoms with Gasteiger partial charge in [-0.3, -0.25) is 11.3 Å². The molecule has 1 atom stereocenters. The van der Waals surface area contributed by atoms with Crippen LogP contribution < -0.4 is 11.3 Å². The van der Waals surface area contributed by atoms with Gasteiger partial charge in [0, 0.05) is 20.3 Å². The summed E-state index contributed by atoms with van der Waals surface area (Å²) in [6.45, 7) is 9.21. The SMILES string of the molecule is CCOC(OCC)C(CCC(C)(C)OC)NN. The maximum absolute atomic E-state index is 5.55. The van der Waals surface area contributed by atoms with Gasteiger partial charge in [0.25, 0.3) is 0 Å². The van der Waals surface area contributed by atoms with Crippen LogP contribution in [0.3, 0.4) is 0 Å². The molecule has 0 aliphatic carbocycles. The molecule has 0 aliphatic rings. The third-order valence-electron chi connectivity index (χ3n) is 2.81. The van der Waals surface area contributed by atoms with Crippen LogP contribution in [0.1, 0.15) is 40.5 Å². The highest BCUT2D eigenvalue weighted by molar-refractivity contribution is 4.75. The molecule has 0 saturated heterocycles. The van der Waals surface area contributed by atoms with Crippen LogP contribution >= 0.6 is 0 Å². The number of rotatable bonds is 10. The van der Waals surface area contributed by atoms with Gasteiger partial charge in [-0.05, 0) is 40.5 Å². The van der Waals surface area contributed by atoms with E-state index in [9.17, 15) is 0 Å². The Kier molecular flexibility index (Phi) is 8.72. The van der Waals surface area contributed by atoms with Crippen LogP contribution in [-0.4, -0.2) is 38.3 Å². The fourth-order valence-electron chi connectivity index (χ4n) is 1.51. The molecule has 0 saturated carbocycles. The highest BCUT2D eigenvalue weighted by atomic mass is 16.7. The zero-order valence-corrected chi connectivity index (χ0v) is 11.8. The number of nitrogens with two attached hydrogens (primary N) is 1. The van der Waals surface area contributed by atoms with Crippen LogP contribution in [0.5, 0.6) is 0 Å². The third-order valence-corrected chi connectivity index (χ3v) is 2.81. The van der Waals surface area contributed by atoms with Crippen molar-refractivity contribution in [3.05, 3.63) is 0 Å². The van der Waals surface area contributed by atoms with Gasteiger partial charge < -0.3 is 14.2 Å². The second-order valence-corrected chi connectivity index (χ2v) is 4.55. The molecular formula is C12H28N2O3. The smallest absolute Gasteiger partial charge is 0.173 e. The van der Waals surface area contributed by atoms with Crippen molar-refractivity contribution >= 4 is 0 Å². The van der Waals surface area contributed by atoms with E-state index in [4.69, 9.17) is 20.1 Å². The van der Waals surface area contributed by atoms with E-state index >= 15 is 0 Å². The lowest BCUT2D eigenvalue weighted by Gasteiger charge is -2.29. The number of nitrogens with one attached hydrogen (secondary N) is 1. The molecule has 104 valence electrons. The van der Waals surface area contributed by atoms with Crippen LogP contribution in [0, 0.1) is 0 Å². The first-order valence-electron chi connectivity index (χ1n) is 6.25. The van der Waals surface area contributed by atoms with Crippen molar-refractivity contribution in [2.75, 3.05) is 20.3 Å². The summed E-state index contributed by atoms with van der Waals surface area (Å²) < 4.78 is 16.4. The standard InChI is InChI=1S/C12H28N2O3/c1-6-16-11(17-7-2)10(14-13)8-9-12(3,4)15-5/h10-11,14H,6-9,13H2,1-5H3. The zero-order chi connectivity index (χ0) is 13.3. The summed E-state index contributed by atoms with van der Waals surface area (Å²) in [4.78, 5) is 0. The minimum absolute atomic E-state index is 0.0238. The van der Waals surface area contributed by atoms with Gasteiger partial charge in [-0.1, -0.05) is 0 Å². The predicted octanol–water partition coefficient (Wildman–Crippen LogP) is 1.42. The number of ether oxygens (including phenoxy) is 3. The van der Waals surface area contributed by atoms with E-state index in [0.717, 1.165) is 12.8 Å². The Bertz CT molecular complexity index is 183. The summed E-state index contributed by atoms with van der Waals surface area (Å²) >= 11 is 0. The first kappa shape index (κ1) is 16.8. The van der Waals surface area contributed by atoms with E-state index in [1.807, 2.05) is 13.8 Å². The summed E-state index contributed by atoms with van der Waals surface area (Å²) in [6.07, 6.45) is 1.42. The van der Waals surface area contributed by atoms with Gasteiger partial charge in [0.05, 0.1) is 11.6 Å². The van der Waals surface area contributed by atoms with E-state index in [1.54, 1.807) is 7.11 Å². The highest BCUT2D eigenvalue weighted by Crippen LogP contribution is 2.18. The van der Waals surface area contributed by atoms with Crippen molar-refractivity contribution in [3.8, 4) is 0 Å². The van der Waals surface area contributed by atoms with Gasteiger partial charge in [-0.15, -0.1) is 0 Å². The van der Waals surface area contributed by atoms with Gasteiger partial charge in [0.2, 0.25) is 0 Å². The molecule has 5 nitrogen and oxygen atoms in total. The maximum atomic E-state index is 5.55. The van der Waals surface area contributed by atoms with E-state index < -0.39 is 0 Å². The summed E-state index contributed by atoms with van der Waals surface area (Å²) in [7, 11) is 1.72.